The van der Waals surface area contributed by atoms with Gasteiger partial charge in [-0.2, -0.15) is 0 Å². The molecular formula is C14H14ClNS. The second-order valence-corrected chi connectivity index (χ2v) is 5.89. The Morgan fingerprint density at radius 1 is 1.35 bits per heavy atom. The van der Waals surface area contributed by atoms with Crippen LogP contribution in [-0.4, -0.2) is 6.54 Å². The molecular weight excluding hydrogens is 250 g/mol. The van der Waals surface area contributed by atoms with Gasteiger partial charge in [0.2, 0.25) is 0 Å². The van der Waals surface area contributed by atoms with Gasteiger partial charge in [-0.05, 0) is 42.0 Å². The van der Waals surface area contributed by atoms with Crippen molar-refractivity contribution in [3.05, 3.63) is 50.7 Å². The highest BCUT2D eigenvalue weighted by Gasteiger charge is 2.22. The van der Waals surface area contributed by atoms with Crippen LogP contribution in [0.5, 0.6) is 0 Å². The van der Waals surface area contributed by atoms with E-state index in [0.717, 1.165) is 18.0 Å². The first-order chi connectivity index (χ1) is 8.25. The fourth-order valence-electron chi connectivity index (χ4n) is 2.45. The molecule has 17 heavy (non-hydrogen) atoms. The van der Waals surface area contributed by atoms with Gasteiger partial charge in [-0.3, -0.25) is 0 Å². The van der Waals surface area contributed by atoms with Gasteiger partial charge < -0.3 is 5.32 Å². The van der Waals surface area contributed by atoms with Crippen molar-refractivity contribution in [3.8, 4) is 0 Å². The highest BCUT2D eigenvalue weighted by Crippen LogP contribution is 2.36. The first-order valence-electron chi connectivity index (χ1n) is 5.81. The summed E-state index contributed by atoms with van der Waals surface area (Å²) in [6.45, 7) is 3.09. The molecule has 0 radical (unpaired) electrons. The van der Waals surface area contributed by atoms with Gasteiger partial charge >= 0.3 is 0 Å². The van der Waals surface area contributed by atoms with Crippen molar-refractivity contribution >= 4 is 28.6 Å². The van der Waals surface area contributed by atoms with E-state index in [2.05, 4.69) is 35.8 Å². The van der Waals surface area contributed by atoms with Gasteiger partial charge in [0.1, 0.15) is 0 Å². The molecule has 3 rings (SSSR count). The van der Waals surface area contributed by atoms with Gasteiger partial charge in [0, 0.05) is 28.0 Å². The van der Waals surface area contributed by atoms with E-state index in [4.69, 9.17) is 11.6 Å². The summed E-state index contributed by atoms with van der Waals surface area (Å²) in [5.41, 5.74) is 3.80. The van der Waals surface area contributed by atoms with Gasteiger partial charge in [0.25, 0.3) is 0 Å². The number of halogens is 1. The topological polar surface area (TPSA) is 12.0 Å². The molecule has 1 aliphatic heterocycles. The summed E-state index contributed by atoms with van der Waals surface area (Å²) in [7, 11) is 0. The minimum Gasteiger partial charge on any atom is -0.384 e. The number of thiophene rings is 1. The molecule has 1 aromatic heterocycles. The number of hydrogen-bond donors (Lipinski definition) is 1. The Kier molecular flexibility index (Phi) is 2.85. The highest BCUT2D eigenvalue weighted by atomic mass is 35.5. The van der Waals surface area contributed by atoms with E-state index < -0.39 is 0 Å². The van der Waals surface area contributed by atoms with Crippen LogP contribution in [0.15, 0.2) is 29.6 Å². The van der Waals surface area contributed by atoms with Crippen LogP contribution in [-0.2, 0) is 6.42 Å². The van der Waals surface area contributed by atoms with E-state index in [0.29, 0.717) is 5.92 Å². The minimum atomic E-state index is 0.600. The normalized spacial score (nSPS) is 18.6. The molecule has 1 unspecified atom stereocenters. The van der Waals surface area contributed by atoms with Crippen LogP contribution in [0.4, 0.5) is 5.69 Å². The smallest absolute Gasteiger partial charge is 0.0455 e. The fourth-order valence-corrected chi connectivity index (χ4v) is 3.43. The fraction of sp³-hybridized carbons (Fsp3) is 0.286. The summed E-state index contributed by atoms with van der Waals surface area (Å²) in [6.07, 6.45) is 1.11. The van der Waals surface area contributed by atoms with Crippen molar-refractivity contribution in [2.45, 2.75) is 19.3 Å². The lowest BCUT2D eigenvalue weighted by molar-refractivity contribution is 0.706. The van der Waals surface area contributed by atoms with Crippen LogP contribution < -0.4 is 5.32 Å². The van der Waals surface area contributed by atoms with E-state index in [1.165, 1.54) is 21.7 Å². The van der Waals surface area contributed by atoms with Crippen LogP contribution in [0.2, 0.25) is 5.02 Å². The van der Waals surface area contributed by atoms with E-state index in [9.17, 15) is 0 Å². The largest absolute Gasteiger partial charge is 0.384 e. The zero-order chi connectivity index (χ0) is 11.8. The molecule has 1 aromatic carbocycles. The number of nitrogens with one attached hydrogen (secondary N) is 1. The molecule has 1 atom stereocenters. The van der Waals surface area contributed by atoms with E-state index in [-0.39, 0.29) is 0 Å². The molecule has 0 aliphatic carbocycles. The zero-order valence-electron chi connectivity index (χ0n) is 9.66. The molecule has 1 N–H and O–H groups in total. The Morgan fingerprint density at radius 3 is 3.00 bits per heavy atom. The van der Waals surface area contributed by atoms with E-state index in [1.54, 1.807) is 0 Å². The Balaban J connectivity index is 1.94. The van der Waals surface area contributed by atoms with Crippen molar-refractivity contribution in [1.29, 1.82) is 0 Å². The number of benzene rings is 1. The molecule has 1 nitrogen and oxygen atoms in total. The molecule has 2 heterocycles. The lowest BCUT2D eigenvalue weighted by atomic mass is 9.91. The summed E-state index contributed by atoms with van der Waals surface area (Å²) >= 11 is 7.99. The number of rotatable bonds is 1. The van der Waals surface area contributed by atoms with Crippen molar-refractivity contribution < 1.29 is 0 Å². The third-order valence-corrected chi connectivity index (χ3v) is 4.87. The zero-order valence-corrected chi connectivity index (χ0v) is 11.2. The quantitative estimate of drug-likeness (QED) is 0.801. The van der Waals surface area contributed by atoms with Crippen LogP contribution in [0.3, 0.4) is 0 Å². The molecule has 0 fully saturated rings. The SMILES string of the molecule is Cc1c(Cl)ccc2c1NCC(c1cccs1)C2. The summed E-state index contributed by atoms with van der Waals surface area (Å²) in [4.78, 5) is 1.47. The second kappa shape index (κ2) is 4.35. The summed E-state index contributed by atoms with van der Waals surface area (Å²) < 4.78 is 0. The van der Waals surface area contributed by atoms with Crippen LogP contribution >= 0.6 is 22.9 Å². The highest BCUT2D eigenvalue weighted by molar-refractivity contribution is 7.10. The Labute approximate surface area is 110 Å². The van der Waals surface area contributed by atoms with E-state index in [1.807, 2.05) is 17.4 Å². The molecule has 1 aliphatic rings. The van der Waals surface area contributed by atoms with E-state index >= 15 is 0 Å². The maximum absolute atomic E-state index is 6.14. The van der Waals surface area contributed by atoms with Gasteiger partial charge in [-0.25, -0.2) is 0 Å². The molecule has 0 spiro atoms. The van der Waals surface area contributed by atoms with Crippen LogP contribution in [0, 0.1) is 6.92 Å². The number of anilines is 1. The summed E-state index contributed by atoms with van der Waals surface area (Å²) in [5.74, 6) is 0.600. The Hall–Kier alpha value is -0.990. The third-order valence-electron chi connectivity index (χ3n) is 3.42. The lowest BCUT2D eigenvalue weighted by Gasteiger charge is -2.27. The first-order valence-corrected chi connectivity index (χ1v) is 7.06. The van der Waals surface area contributed by atoms with Crippen LogP contribution in [0.1, 0.15) is 21.9 Å². The van der Waals surface area contributed by atoms with Gasteiger partial charge in [0.05, 0.1) is 0 Å². The van der Waals surface area contributed by atoms with Crippen molar-refractivity contribution in [2.24, 2.45) is 0 Å². The van der Waals surface area contributed by atoms with Gasteiger partial charge in [-0.15, -0.1) is 11.3 Å². The molecule has 0 bridgehead atoms. The Bertz CT molecular complexity index is 533. The molecule has 88 valence electrons. The standard InChI is InChI=1S/C14H14ClNS/c1-9-12(15)5-4-10-7-11(8-16-14(9)10)13-3-2-6-17-13/h2-6,11,16H,7-8H2,1H3. The molecule has 0 saturated carbocycles. The molecule has 2 aromatic rings. The maximum Gasteiger partial charge on any atom is 0.0455 e. The average Bonchev–Trinajstić information content (AvgIpc) is 2.87. The van der Waals surface area contributed by atoms with Crippen molar-refractivity contribution in [2.75, 3.05) is 11.9 Å². The predicted octanol–water partition coefficient (Wildman–Crippen LogP) is 4.46. The number of hydrogen-bond acceptors (Lipinski definition) is 2. The minimum absolute atomic E-state index is 0.600. The molecule has 0 saturated heterocycles. The average molecular weight is 264 g/mol. The third kappa shape index (κ3) is 1.96. The number of fused-ring (bicyclic) bond motifs is 1. The van der Waals surface area contributed by atoms with Crippen molar-refractivity contribution in [1.82, 2.24) is 0 Å². The predicted molar refractivity (Wildman–Crippen MR) is 75.4 cm³/mol. The van der Waals surface area contributed by atoms with Crippen molar-refractivity contribution in [3.63, 3.8) is 0 Å². The second-order valence-electron chi connectivity index (χ2n) is 4.50. The molecule has 3 heteroatoms. The van der Waals surface area contributed by atoms with Gasteiger partial charge in [0.15, 0.2) is 0 Å². The maximum atomic E-state index is 6.14. The summed E-state index contributed by atoms with van der Waals surface area (Å²) in [5, 5.41) is 6.54. The van der Waals surface area contributed by atoms with Crippen LogP contribution in [0.25, 0.3) is 0 Å². The monoisotopic (exact) mass is 263 g/mol. The first kappa shape index (κ1) is 11.1. The summed E-state index contributed by atoms with van der Waals surface area (Å²) in [6, 6.07) is 8.51. The Morgan fingerprint density at radius 2 is 2.24 bits per heavy atom. The van der Waals surface area contributed by atoms with Gasteiger partial charge in [-0.1, -0.05) is 23.7 Å². The lowest BCUT2D eigenvalue weighted by Crippen LogP contribution is -2.21. The molecule has 0 amide bonds.